The molecule has 0 spiro atoms. The highest BCUT2D eigenvalue weighted by Gasteiger charge is 2.23. The van der Waals surface area contributed by atoms with Crippen molar-refractivity contribution in [3.05, 3.63) is 182 Å². The van der Waals surface area contributed by atoms with Gasteiger partial charge in [0, 0.05) is 39.9 Å². The molecule has 46 heavy (non-hydrogen) atoms. The van der Waals surface area contributed by atoms with Crippen molar-refractivity contribution in [3.8, 4) is 39.2 Å². The third kappa shape index (κ3) is 5.12. The van der Waals surface area contributed by atoms with Gasteiger partial charge in [-0.05, 0) is 65.7 Å². The molecule has 0 saturated carbocycles. The van der Waals surface area contributed by atoms with Gasteiger partial charge in [0.2, 0.25) is 0 Å². The molecule has 0 amide bonds. The lowest BCUT2D eigenvalue weighted by Gasteiger charge is -2.31. The minimum Gasteiger partial charge on any atom is -0.309 e. The van der Waals surface area contributed by atoms with Crippen molar-refractivity contribution in [2.45, 2.75) is 0 Å². The Bertz CT molecular complexity index is 2200. The molecule has 0 saturated heterocycles. The van der Waals surface area contributed by atoms with E-state index in [1.807, 2.05) is 36.8 Å². The number of para-hydroxylation sites is 3. The summed E-state index contributed by atoms with van der Waals surface area (Å²) in [5, 5.41) is 0. The summed E-state index contributed by atoms with van der Waals surface area (Å²) < 4.78 is 2.16. The predicted molar refractivity (Wildman–Crippen MR) is 190 cm³/mol. The van der Waals surface area contributed by atoms with E-state index >= 15 is 0 Å². The molecule has 4 heteroatoms. The lowest BCUT2D eigenvalue weighted by Crippen LogP contribution is -2.13. The highest BCUT2D eigenvalue weighted by molar-refractivity contribution is 5.98. The molecule has 0 fully saturated rings. The fraction of sp³-hybridized carbons (Fsp3) is 0. The second-order valence-electron chi connectivity index (χ2n) is 11.2. The van der Waals surface area contributed by atoms with Gasteiger partial charge in [-0.25, -0.2) is 4.98 Å². The molecule has 0 bridgehead atoms. The smallest absolute Gasteiger partial charge is 0.100 e. The van der Waals surface area contributed by atoms with Crippen LogP contribution in [0.3, 0.4) is 0 Å². The number of imidazole rings is 1. The molecular weight excluding hydrogens is 560 g/mol. The van der Waals surface area contributed by atoms with Crippen molar-refractivity contribution < 1.29 is 0 Å². The van der Waals surface area contributed by atoms with Crippen LogP contribution in [0, 0.1) is 0 Å². The third-order valence-corrected chi connectivity index (χ3v) is 8.31. The quantitative estimate of drug-likeness (QED) is 0.185. The van der Waals surface area contributed by atoms with Gasteiger partial charge in [-0.15, -0.1) is 0 Å². The van der Waals surface area contributed by atoms with E-state index in [-0.39, 0.29) is 0 Å². The largest absolute Gasteiger partial charge is 0.309 e. The Labute approximate surface area is 268 Å². The number of pyridine rings is 1. The molecule has 2 heterocycles. The van der Waals surface area contributed by atoms with Gasteiger partial charge in [-0.1, -0.05) is 115 Å². The zero-order chi connectivity index (χ0) is 30.7. The van der Waals surface area contributed by atoms with Gasteiger partial charge in [0.25, 0.3) is 0 Å². The molecule has 4 nitrogen and oxygen atoms in total. The van der Waals surface area contributed by atoms with Crippen LogP contribution in [0.5, 0.6) is 0 Å². The molecular formula is C42H30N4. The molecule has 0 aliphatic heterocycles. The molecule has 0 aliphatic carbocycles. The summed E-state index contributed by atoms with van der Waals surface area (Å²) in [6, 6.07) is 59.5. The number of hydrogen-bond acceptors (Lipinski definition) is 3. The molecule has 0 radical (unpaired) electrons. The number of aromatic nitrogens is 3. The number of benzene rings is 6. The van der Waals surface area contributed by atoms with Gasteiger partial charge >= 0.3 is 0 Å². The maximum Gasteiger partial charge on any atom is 0.100 e. The van der Waals surface area contributed by atoms with Crippen molar-refractivity contribution in [2.24, 2.45) is 0 Å². The molecule has 0 N–H and O–H groups in total. The van der Waals surface area contributed by atoms with Gasteiger partial charge in [-0.2, -0.15) is 0 Å². The Hall–Kier alpha value is -6.26. The first-order valence-electron chi connectivity index (χ1n) is 15.4. The lowest BCUT2D eigenvalue weighted by atomic mass is 9.94. The van der Waals surface area contributed by atoms with Gasteiger partial charge < -0.3 is 4.90 Å². The summed E-state index contributed by atoms with van der Waals surface area (Å²) in [5.41, 5.74) is 12.8. The fourth-order valence-electron chi connectivity index (χ4n) is 6.18. The van der Waals surface area contributed by atoms with Crippen LogP contribution in [0.1, 0.15) is 0 Å². The van der Waals surface area contributed by atoms with Gasteiger partial charge in [0.05, 0.1) is 22.4 Å². The first kappa shape index (κ1) is 27.3. The van der Waals surface area contributed by atoms with Crippen LogP contribution >= 0.6 is 0 Å². The maximum absolute atomic E-state index is 4.68. The van der Waals surface area contributed by atoms with Crippen LogP contribution in [0.15, 0.2) is 182 Å². The van der Waals surface area contributed by atoms with Crippen LogP contribution in [-0.4, -0.2) is 14.5 Å². The van der Waals surface area contributed by atoms with E-state index in [1.54, 1.807) is 0 Å². The first-order chi connectivity index (χ1) is 22.8. The molecule has 218 valence electrons. The SMILES string of the molecule is c1ccc(-c2cccc(-c3ccccc3)c2N(c2cccc(-c3ccccn3)c2)c2cccc(-n3cnc4ccccc43)c2)cc1. The Balaban J connectivity index is 1.41. The summed E-state index contributed by atoms with van der Waals surface area (Å²) in [5.74, 6) is 0. The summed E-state index contributed by atoms with van der Waals surface area (Å²) >= 11 is 0. The van der Waals surface area contributed by atoms with E-state index in [0.29, 0.717) is 0 Å². The standard InChI is InChI=1S/C42H30N4/c1-3-14-31(15-4-1)37-22-13-23-38(32-16-5-2-6-17-32)42(37)46(35-20-11-18-33(28-35)39-24-9-10-27-43-39)36-21-12-19-34(29-36)45-30-44-40-25-7-8-26-41(40)45/h1-30H. The third-order valence-electron chi connectivity index (χ3n) is 8.31. The van der Waals surface area contributed by atoms with Crippen molar-refractivity contribution in [3.63, 3.8) is 0 Å². The molecule has 8 aromatic rings. The van der Waals surface area contributed by atoms with Crippen molar-refractivity contribution in [1.82, 2.24) is 14.5 Å². The predicted octanol–water partition coefficient (Wildman–Crippen LogP) is 10.9. The number of anilines is 3. The van der Waals surface area contributed by atoms with E-state index in [1.165, 1.54) is 0 Å². The second kappa shape index (κ2) is 12.0. The van der Waals surface area contributed by atoms with E-state index < -0.39 is 0 Å². The zero-order valence-electron chi connectivity index (χ0n) is 25.1. The second-order valence-corrected chi connectivity index (χ2v) is 11.2. The number of hydrogen-bond donors (Lipinski definition) is 0. The van der Waals surface area contributed by atoms with Crippen LogP contribution in [0.2, 0.25) is 0 Å². The van der Waals surface area contributed by atoms with Crippen molar-refractivity contribution in [1.29, 1.82) is 0 Å². The minimum absolute atomic E-state index is 0.933. The molecule has 0 atom stereocenters. The average molecular weight is 591 g/mol. The summed E-state index contributed by atoms with van der Waals surface area (Å²) in [6.45, 7) is 0. The monoisotopic (exact) mass is 590 g/mol. The summed E-state index contributed by atoms with van der Waals surface area (Å²) in [4.78, 5) is 11.7. The molecule has 2 aromatic heterocycles. The van der Waals surface area contributed by atoms with Crippen LogP contribution in [-0.2, 0) is 0 Å². The average Bonchev–Trinajstić information content (AvgIpc) is 3.58. The topological polar surface area (TPSA) is 34.0 Å². The summed E-state index contributed by atoms with van der Waals surface area (Å²) in [7, 11) is 0. The van der Waals surface area contributed by atoms with Crippen LogP contribution < -0.4 is 4.90 Å². The van der Waals surface area contributed by atoms with Gasteiger partial charge in [-0.3, -0.25) is 9.55 Å². The first-order valence-corrected chi connectivity index (χ1v) is 15.4. The molecule has 6 aromatic carbocycles. The van der Waals surface area contributed by atoms with Crippen molar-refractivity contribution >= 4 is 28.1 Å². The van der Waals surface area contributed by atoms with Crippen molar-refractivity contribution in [2.75, 3.05) is 4.90 Å². The van der Waals surface area contributed by atoms with E-state index in [0.717, 1.165) is 67.3 Å². The highest BCUT2D eigenvalue weighted by Crippen LogP contribution is 2.47. The number of fused-ring (bicyclic) bond motifs is 1. The number of rotatable bonds is 7. The lowest BCUT2D eigenvalue weighted by molar-refractivity contribution is 1.09. The highest BCUT2D eigenvalue weighted by atomic mass is 15.2. The van der Waals surface area contributed by atoms with Crippen LogP contribution in [0.25, 0.3) is 50.2 Å². The van der Waals surface area contributed by atoms with Gasteiger partial charge in [0.1, 0.15) is 6.33 Å². The van der Waals surface area contributed by atoms with E-state index in [4.69, 9.17) is 0 Å². The van der Waals surface area contributed by atoms with E-state index in [9.17, 15) is 0 Å². The Kier molecular flexibility index (Phi) is 7.14. The zero-order valence-corrected chi connectivity index (χ0v) is 25.1. The fourth-order valence-corrected chi connectivity index (χ4v) is 6.18. The Morgan fingerprint density at radius 2 is 1.07 bits per heavy atom. The van der Waals surface area contributed by atoms with Crippen LogP contribution in [0.4, 0.5) is 17.1 Å². The Morgan fingerprint density at radius 3 is 1.78 bits per heavy atom. The summed E-state index contributed by atoms with van der Waals surface area (Å²) in [6.07, 6.45) is 3.75. The normalized spacial score (nSPS) is 11.0. The molecule has 8 rings (SSSR count). The number of nitrogens with zero attached hydrogens (tertiary/aromatic N) is 4. The van der Waals surface area contributed by atoms with Gasteiger partial charge in [0.15, 0.2) is 0 Å². The molecule has 0 aliphatic rings. The van der Waals surface area contributed by atoms with E-state index in [2.05, 4.69) is 165 Å². The maximum atomic E-state index is 4.68. The Morgan fingerprint density at radius 1 is 0.457 bits per heavy atom. The molecule has 0 unspecified atom stereocenters. The minimum atomic E-state index is 0.933.